The van der Waals surface area contributed by atoms with E-state index in [1.165, 1.54) is 6.20 Å². The highest BCUT2D eigenvalue weighted by Gasteiger charge is 2.12. The van der Waals surface area contributed by atoms with Gasteiger partial charge in [-0.05, 0) is 24.3 Å². The van der Waals surface area contributed by atoms with Gasteiger partial charge in [0.05, 0.1) is 40.4 Å². The highest BCUT2D eigenvalue weighted by molar-refractivity contribution is 6.44. The fourth-order valence-electron chi connectivity index (χ4n) is 2.54. The Hall–Kier alpha value is -2.90. The van der Waals surface area contributed by atoms with Crippen molar-refractivity contribution < 1.29 is 14.3 Å². The van der Waals surface area contributed by atoms with E-state index in [0.29, 0.717) is 21.6 Å². The van der Waals surface area contributed by atoms with E-state index in [4.69, 9.17) is 27.9 Å². The van der Waals surface area contributed by atoms with Crippen LogP contribution in [0.4, 0.5) is 5.69 Å². The number of fused-ring (bicyclic) bond motifs is 1. The quantitative estimate of drug-likeness (QED) is 0.619. The maximum Gasteiger partial charge on any atom is 0.308 e. The van der Waals surface area contributed by atoms with Crippen LogP contribution >= 0.6 is 23.2 Å². The zero-order valence-corrected chi connectivity index (χ0v) is 16.0. The molecule has 28 heavy (non-hydrogen) atoms. The third-order valence-electron chi connectivity index (χ3n) is 3.88. The first kappa shape index (κ1) is 19.9. The van der Waals surface area contributed by atoms with Crippen LogP contribution in [0.5, 0.6) is 0 Å². The van der Waals surface area contributed by atoms with Crippen LogP contribution < -0.4 is 10.7 Å². The maximum absolute atomic E-state index is 11.9. The van der Waals surface area contributed by atoms with Crippen molar-refractivity contribution in [1.82, 2.24) is 9.78 Å². The van der Waals surface area contributed by atoms with Gasteiger partial charge in [0.2, 0.25) is 5.43 Å². The molecule has 0 atom stereocenters. The molecule has 0 aliphatic carbocycles. The number of carbonyl (C=O) groups is 2. The lowest BCUT2D eigenvalue weighted by atomic mass is 10.2. The Balaban J connectivity index is 1.54. The first-order valence-electron chi connectivity index (χ1n) is 8.30. The number of benzene rings is 2. The number of aromatic nitrogens is 2. The van der Waals surface area contributed by atoms with Gasteiger partial charge in [-0.15, -0.1) is 0 Å². The van der Waals surface area contributed by atoms with Gasteiger partial charge in [-0.25, -0.2) is 0 Å². The SMILES string of the molecule is O=C(COC(=O)CCn1ncc(=O)c2ccccc21)Nc1cccc(Cl)c1Cl. The van der Waals surface area contributed by atoms with Gasteiger partial charge < -0.3 is 10.1 Å². The number of hydrogen-bond donors (Lipinski definition) is 1. The molecule has 0 unspecified atom stereocenters. The molecule has 1 N–H and O–H groups in total. The lowest BCUT2D eigenvalue weighted by Crippen LogP contribution is -2.22. The van der Waals surface area contributed by atoms with E-state index in [-0.39, 0.29) is 23.4 Å². The second-order valence-corrected chi connectivity index (χ2v) is 6.59. The van der Waals surface area contributed by atoms with Crippen LogP contribution in [0.3, 0.4) is 0 Å². The summed E-state index contributed by atoms with van der Waals surface area (Å²) in [6.07, 6.45) is 1.20. The first-order valence-corrected chi connectivity index (χ1v) is 9.05. The predicted molar refractivity (Wildman–Crippen MR) is 107 cm³/mol. The monoisotopic (exact) mass is 419 g/mol. The number of nitrogens with one attached hydrogen (secondary N) is 1. The summed E-state index contributed by atoms with van der Waals surface area (Å²) in [7, 11) is 0. The van der Waals surface area contributed by atoms with Gasteiger partial charge in [-0.2, -0.15) is 5.10 Å². The highest BCUT2D eigenvalue weighted by Crippen LogP contribution is 2.29. The largest absolute Gasteiger partial charge is 0.456 e. The van der Waals surface area contributed by atoms with Crippen molar-refractivity contribution in [2.45, 2.75) is 13.0 Å². The predicted octanol–water partition coefficient (Wildman–Crippen LogP) is 3.28. The topological polar surface area (TPSA) is 90.3 Å². The number of amides is 1. The average molecular weight is 420 g/mol. The number of rotatable bonds is 6. The maximum atomic E-state index is 11.9. The minimum absolute atomic E-state index is 0.00886. The fourth-order valence-corrected chi connectivity index (χ4v) is 2.89. The molecular weight excluding hydrogens is 405 g/mol. The molecule has 7 nitrogen and oxygen atoms in total. The lowest BCUT2D eigenvalue weighted by Gasteiger charge is -2.10. The lowest BCUT2D eigenvalue weighted by molar-refractivity contribution is -0.147. The summed E-state index contributed by atoms with van der Waals surface area (Å²) in [5.74, 6) is -1.11. The van der Waals surface area contributed by atoms with Crippen LogP contribution in [0.25, 0.3) is 10.9 Å². The molecule has 0 bridgehead atoms. The van der Waals surface area contributed by atoms with Crippen LogP contribution in [0, 0.1) is 0 Å². The van der Waals surface area contributed by atoms with E-state index in [2.05, 4.69) is 10.4 Å². The van der Waals surface area contributed by atoms with Gasteiger partial charge in [0.15, 0.2) is 6.61 Å². The molecule has 0 aliphatic heterocycles. The second-order valence-electron chi connectivity index (χ2n) is 5.81. The summed E-state index contributed by atoms with van der Waals surface area (Å²) in [5.41, 5.74) is 0.765. The highest BCUT2D eigenvalue weighted by atomic mass is 35.5. The van der Waals surface area contributed by atoms with E-state index in [0.717, 1.165) is 0 Å². The first-order chi connectivity index (χ1) is 13.5. The smallest absolute Gasteiger partial charge is 0.308 e. The fraction of sp³-hybridized carbons (Fsp3) is 0.158. The van der Waals surface area contributed by atoms with Gasteiger partial charge in [-0.1, -0.05) is 41.4 Å². The molecule has 0 radical (unpaired) electrons. The minimum atomic E-state index is -0.572. The molecule has 1 heterocycles. The number of nitrogens with zero attached hydrogens (tertiary/aromatic N) is 2. The number of carbonyl (C=O) groups excluding carboxylic acids is 2. The Labute approximate surface area is 169 Å². The summed E-state index contributed by atoms with van der Waals surface area (Å²) in [6, 6.07) is 11.8. The number of halogens is 2. The molecule has 0 saturated carbocycles. The third-order valence-corrected chi connectivity index (χ3v) is 4.70. The molecule has 1 amide bonds. The van der Waals surface area contributed by atoms with Crippen LogP contribution in [0.2, 0.25) is 10.0 Å². The number of anilines is 1. The summed E-state index contributed by atoms with van der Waals surface area (Å²) in [4.78, 5) is 35.7. The van der Waals surface area contributed by atoms with Crippen molar-refractivity contribution in [2.75, 3.05) is 11.9 Å². The summed E-state index contributed by atoms with van der Waals surface area (Å²) >= 11 is 11.9. The molecule has 3 rings (SSSR count). The molecule has 0 fully saturated rings. The Kier molecular flexibility index (Phi) is 6.28. The number of para-hydroxylation sites is 1. The zero-order valence-electron chi connectivity index (χ0n) is 14.5. The van der Waals surface area contributed by atoms with Crippen molar-refractivity contribution >= 4 is 51.7 Å². The Bertz CT molecular complexity index is 1100. The molecule has 9 heteroatoms. The van der Waals surface area contributed by atoms with E-state index < -0.39 is 18.5 Å². The molecule has 3 aromatic rings. The van der Waals surface area contributed by atoms with Gasteiger partial charge in [0.1, 0.15) is 0 Å². The molecule has 144 valence electrons. The van der Waals surface area contributed by atoms with Gasteiger partial charge >= 0.3 is 5.97 Å². The normalized spacial score (nSPS) is 10.6. The Morgan fingerprint density at radius 2 is 1.89 bits per heavy atom. The molecule has 0 spiro atoms. The van der Waals surface area contributed by atoms with E-state index in [1.807, 2.05) is 0 Å². The Morgan fingerprint density at radius 1 is 1.11 bits per heavy atom. The van der Waals surface area contributed by atoms with Crippen molar-refractivity contribution in [2.24, 2.45) is 0 Å². The number of ether oxygens (including phenoxy) is 1. The molecule has 2 aromatic carbocycles. The summed E-state index contributed by atoms with van der Waals surface area (Å²) in [5, 5.41) is 7.59. The van der Waals surface area contributed by atoms with Crippen LogP contribution in [-0.2, 0) is 20.9 Å². The minimum Gasteiger partial charge on any atom is -0.456 e. The Morgan fingerprint density at radius 3 is 2.71 bits per heavy atom. The van der Waals surface area contributed by atoms with Crippen LogP contribution in [-0.4, -0.2) is 28.3 Å². The van der Waals surface area contributed by atoms with Gasteiger partial charge in [-0.3, -0.25) is 19.1 Å². The molecule has 0 saturated heterocycles. The summed E-state index contributed by atoms with van der Waals surface area (Å²) in [6.45, 7) is -0.249. The average Bonchev–Trinajstić information content (AvgIpc) is 2.69. The van der Waals surface area contributed by atoms with Crippen molar-refractivity contribution in [3.8, 4) is 0 Å². The standard InChI is InChI=1S/C19H15Cl2N3O4/c20-13-5-3-6-14(19(13)21)23-17(26)11-28-18(27)8-9-24-15-7-2-1-4-12(15)16(25)10-22-24/h1-7,10H,8-9,11H2,(H,23,26). The van der Waals surface area contributed by atoms with E-state index >= 15 is 0 Å². The van der Waals surface area contributed by atoms with Gasteiger partial charge in [0.25, 0.3) is 5.91 Å². The van der Waals surface area contributed by atoms with Crippen molar-refractivity contribution in [3.05, 3.63) is 68.9 Å². The summed E-state index contributed by atoms with van der Waals surface area (Å²) < 4.78 is 6.52. The molecule has 0 aliphatic rings. The number of hydrogen-bond acceptors (Lipinski definition) is 5. The number of aryl methyl sites for hydroxylation is 1. The van der Waals surface area contributed by atoms with Gasteiger partial charge in [0, 0.05) is 5.39 Å². The second kappa shape index (κ2) is 8.86. The zero-order chi connectivity index (χ0) is 20.1. The third kappa shape index (κ3) is 4.68. The molecular formula is C19H15Cl2N3O4. The van der Waals surface area contributed by atoms with E-state index in [1.54, 1.807) is 47.1 Å². The number of esters is 1. The molecule has 1 aromatic heterocycles. The van der Waals surface area contributed by atoms with Crippen molar-refractivity contribution in [1.29, 1.82) is 0 Å². The van der Waals surface area contributed by atoms with Crippen molar-refractivity contribution in [3.63, 3.8) is 0 Å². The van der Waals surface area contributed by atoms with Crippen LogP contribution in [0.1, 0.15) is 6.42 Å². The van der Waals surface area contributed by atoms with Crippen LogP contribution in [0.15, 0.2) is 53.5 Å². The van der Waals surface area contributed by atoms with E-state index in [9.17, 15) is 14.4 Å².